The molecule has 1 aliphatic rings. The first-order valence-corrected chi connectivity index (χ1v) is 7.91. The van der Waals surface area contributed by atoms with Crippen molar-refractivity contribution in [3.63, 3.8) is 0 Å². The van der Waals surface area contributed by atoms with Gasteiger partial charge in [0.05, 0.1) is 6.04 Å². The summed E-state index contributed by atoms with van der Waals surface area (Å²) in [4.78, 5) is 11.5. The van der Waals surface area contributed by atoms with Gasteiger partial charge in [0.2, 0.25) is 5.91 Å². The lowest BCUT2D eigenvalue weighted by molar-refractivity contribution is -0.120. The Kier molecular flexibility index (Phi) is 5.12. The third-order valence-electron chi connectivity index (χ3n) is 4.39. The molecule has 1 aliphatic carbocycles. The minimum absolute atomic E-state index is 0.213. The van der Waals surface area contributed by atoms with Crippen LogP contribution < -0.4 is 16.4 Å². The fourth-order valence-electron chi connectivity index (χ4n) is 3.27. The van der Waals surface area contributed by atoms with Gasteiger partial charge in [0.15, 0.2) is 0 Å². The lowest BCUT2D eigenvalue weighted by atomic mass is 9.75. The van der Waals surface area contributed by atoms with Crippen LogP contribution in [-0.4, -0.2) is 19.0 Å². The molecule has 1 saturated carbocycles. The van der Waals surface area contributed by atoms with E-state index in [1.165, 1.54) is 12.0 Å². The molecule has 1 fully saturated rings. The number of anilines is 1. The fraction of sp³-hybridized carbons (Fsp3) is 0.562. The van der Waals surface area contributed by atoms with Crippen molar-refractivity contribution in [2.24, 2.45) is 5.73 Å². The monoisotopic (exact) mass is 309 g/mol. The molecule has 1 aromatic rings. The number of amides is 1. The van der Waals surface area contributed by atoms with E-state index in [0.29, 0.717) is 5.02 Å². The number of primary amides is 1. The van der Waals surface area contributed by atoms with E-state index in [9.17, 15) is 4.79 Å². The van der Waals surface area contributed by atoms with E-state index in [1.807, 2.05) is 26.1 Å². The number of hydrogen-bond acceptors (Lipinski definition) is 3. The van der Waals surface area contributed by atoms with Gasteiger partial charge < -0.3 is 11.1 Å². The molecule has 0 aromatic heterocycles. The first kappa shape index (κ1) is 16.1. The molecule has 1 amide bonds. The molecule has 21 heavy (non-hydrogen) atoms. The number of benzene rings is 1. The Morgan fingerprint density at radius 2 is 2.00 bits per heavy atom. The van der Waals surface area contributed by atoms with Crippen LogP contribution in [0.25, 0.3) is 0 Å². The van der Waals surface area contributed by atoms with Crippen molar-refractivity contribution in [1.82, 2.24) is 5.32 Å². The zero-order valence-corrected chi connectivity index (χ0v) is 13.5. The molecule has 1 atom stereocenters. The lowest BCUT2D eigenvalue weighted by Crippen LogP contribution is -2.52. The van der Waals surface area contributed by atoms with Crippen molar-refractivity contribution >= 4 is 23.2 Å². The summed E-state index contributed by atoms with van der Waals surface area (Å²) in [7, 11) is 1.89. The van der Waals surface area contributed by atoms with Crippen molar-refractivity contribution in [2.75, 3.05) is 12.4 Å². The van der Waals surface area contributed by atoms with Gasteiger partial charge in [-0.15, -0.1) is 0 Å². The van der Waals surface area contributed by atoms with E-state index in [4.69, 9.17) is 17.3 Å². The highest BCUT2D eigenvalue weighted by atomic mass is 35.5. The van der Waals surface area contributed by atoms with Gasteiger partial charge in [0.25, 0.3) is 0 Å². The van der Waals surface area contributed by atoms with Crippen LogP contribution in [0.1, 0.15) is 44.6 Å². The third kappa shape index (κ3) is 3.50. The van der Waals surface area contributed by atoms with Crippen molar-refractivity contribution in [3.8, 4) is 0 Å². The fourth-order valence-corrected chi connectivity index (χ4v) is 3.45. The van der Waals surface area contributed by atoms with E-state index >= 15 is 0 Å². The summed E-state index contributed by atoms with van der Waals surface area (Å²) in [6.07, 6.45) is 5.52. The maximum Gasteiger partial charge on any atom is 0.234 e. The van der Waals surface area contributed by atoms with Crippen LogP contribution in [0, 0.1) is 0 Å². The first-order valence-electron chi connectivity index (χ1n) is 7.53. The quantitative estimate of drug-likeness (QED) is 0.783. The highest BCUT2D eigenvalue weighted by Gasteiger charge is 2.37. The Hall–Kier alpha value is -1.26. The summed E-state index contributed by atoms with van der Waals surface area (Å²) in [5, 5.41) is 7.41. The van der Waals surface area contributed by atoms with Crippen LogP contribution in [0.15, 0.2) is 18.2 Å². The maximum absolute atomic E-state index is 11.5. The Morgan fingerprint density at radius 3 is 2.57 bits per heavy atom. The van der Waals surface area contributed by atoms with Crippen LogP contribution in [0.3, 0.4) is 0 Å². The number of nitrogens with two attached hydrogens (primary N) is 1. The predicted molar refractivity (Wildman–Crippen MR) is 87.6 cm³/mol. The number of halogens is 1. The standard InChI is InChI=1S/C16H24ClN3O/c1-11(15(18)21)20-16(8-4-3-5-9-16)13-7-6-12(17)10-14(13)19-2/h6-7,10-11,19-20H,3-5,8-9H2,1-2H3,(H2,18,21). The zero-order valence-electron chi connectivity index (χ0n) is 12.7. The van der Waals surface area contributed by atoms with Gasteiger partial charge in [-0.05, 0) is 37.5 Å². The Bertz CT molecular complexity index is 512. The average Bonchev–Trinajstić information content (AvgIpc) is 2.47. The highest BCUT2D eigenvalue weighted by molar-refractivity contribution is 6.30. The largest absolute Gasteiger partial charge is 0.388 e. The van der Waals surface area contributed by atoms with Gasteiger partial charge in [-0.3, -0.25) is 10.1 Å². The van der Waals surface area contributed by atoms with E-state index in [-0.39, 0.29) is 17.5 Å². The van der Waals surface area contributed by atoms with Crippen LogP contribution in [0.2, 0.25) is 5.02 Å². The summed E-state index contributed by atoms with van der Waals surface area (Å²) >= 11 is 6.10. The summed E-state index contributed by atoms with van der Waals surface area (Å²) in [5.74, 6) is -0.320. The molecular formula is C16H24ClN3O. The van der Waals surface area contributed by atoms with Crippen molar-refractivity contribution in [3.05, 3.63) is 28.8 Å². The molecule has 0 heterocycles. The normalized spacial score (nSPS) is 19.0. The van der Waals surface area contributed by atoms with Crippen LogP contribution in [0.4, 0.5) is 5.69 Å². The van der Waals surface area contributed by atoms with Crippen molar-refractivity contribution < 1.29 is 4.79 Å². The number of nitrogens with one attached hydrogen (secondary N) is 2. The molecular weight excluding hydrogens is 286 g/mol. The van der Waals surface area contributed by atoms with Gasteiger partial charge in [0.1, 0.15) is 0 Å². The molecule has 116 valence electrons. The van der Waals surface area contributed by atoms with Crippen molar-refractivity contribution in [1.29, 1.82) is 0 Å². The molecule has 1 aromatic carbocycles. The topological polar surface area (TPSA) is 67.2 Å². The van der Waals surface area contributed by atoms with E-state index in [1.54, 1.807) is 0 Å². The summed E-state index contributed by atoms with van der Waals surface area (Å²) in [5.41, 5.74) is 7.41. The molecule has 0 bridgehead atoms. The molecule has 0 saturated heterocycles. The van der Waals surface area contributed by atoms with Crippen LogP contribution in [-0.2, 0) is 10.3 Å². The molecule has 5 heteroatoms. The summed E-state index contributed by atoms with van der Waals surface area (Å²) < 4.78 is 0. The summed E-state index contributed by atoms with van der Waals surface area (Å²) in [6.45, 7) is 1.83. The number of carbonyl (C=O) groups excluding carboxylic acids is 1. The van der Waals surface area contributed by atoms with Gasteiger partial charge in [-0.25, -0.2) is 0 Å². The van der Waals surface area contributed by atoms with Crippen LogP contribution >= 0.6 is 11.6 Å². The second-order valence-corrected chi connectivity index (χ2v) is 6.29. The van der Waals surface area contributed by atoms with E-state index in [2.05, 4.69) is 16.7 Å². The van der Waals surface area contributed by atoms with Gasteiger partial charge in [-0.1, -0.05) is 36.9 Å². The SMILES string of the molecule is CNc1cc(Cl)ccc1C1(NC(C)C(N)=O)CCCCC1. The first-order chi connectivity index (χ1) is 9.98. The number of rotatable bonds is 5. The molecule has 4 nitrogen and oxygen atoms in total. The van der Waals surface area contributed by atoms with E-state index < -0.39 is 0 Å². The van der Waals surface area contributed by atoms with Gasteiger partial charge >= 0.3 is 0 Å². The highest BCUT2D eigenvalue weighted by Crippen LogP contribution is 2.41. The lowest BCUT2D eigenvalue weighted by Gasteiger charge is -2.41. The number of carbonyl (C=O) groups is 1. The molecule has 0 spiro atoms. The van der Waals surface area contributed by atoms with Gasteiger partial charge in [0, 0.05) is 23.3 Å². The minimum Gasteiger partial charge on any atom is -0.388 e. The molecule has 2 rings (SSSR count). The summed E-state index contributed by atoms with van der Waals surface area (Å²) in [6, 6.07) is 5.54. The van der Waals surface area contributed by atoms with Crippen LogP contribution in [0.5, 0.6) is 0 Å². The molecule has 1 unspecified atom stereocenters. The molecule has 0 aliphatic heterocycles. The Morgan fingerprint density at radius 1 is 1.33 bits per heavy atom. The Balaban J connectivity index is 2.42. The maximum atomic E-state index is 11.5. The van der Waals surface area contributed by atoms with Crippen molar-refractivity contribution in [2.45, 2.75) is 50.6 Å². The minimum atomic E-state index is -0.358. The third-order valence-corrected chi connectivity index (χ3v) is 4.63. The predicted octanol–water partition coefficient (Wildman–Crippen LogP) is 3.00. The Labute approximate surface area is 131 Å². The smallest absolute Gasteiger partial charge is 0.234 e. The molecule has 4 N–H and O–H groups in total. The zero-order chi connectivity index (χ0) is 15.5. The van der Waals surface area contributed by atoms with E-state index in [0.717, 1.165) is 31.4 Å². The second kappa shape index (κ2) is 6.67. The average molecular weight is 310 g/mol. The van der Waals surface area contributed by atoms with Gasteiger partial charge in [-0.2, -0.15) is 0 Å². The molecule has 0 radical (unpaired) electrons. The second-order valence-electron chi connectivity index (χ2n) is 5.85. The number of hydrogen-bond donors (Lipinski definition) is 3.